The molecule has 0 radical (unpaired) electrons. The number of halogens is 1. The van der Waals surface area contributed by atoms with Gasteiger partial charge in [-0.15, -0.1) is 0 Å². The van der Waals surface area contributed by atoms with E-state index < -0.39 is 0 Å². The molecule has 1 aliphatic heterocycles. The lowest BCUT2D eigenvalue weighted by molar-refractivity contribution is -0.0257. The normalized spacial score (nSPS) is 17.8. The summed E-state index contributed by atoms with van der Waals surface area (Å²) in [5.74, 6) is 0.532. The number of aryl methyl sites for hydroxylation is 1. The number of morpholine rings is 1. The molecule has 1 aliphatic rings. The van der Waals surface area contributed by atoms with Gasteiger partial charge in [0.25, 0.3) is 11.7 Å². The maximum Gasteiger partial charge on any atom is 0.254 e. The lowest BCUT2D eigenvalue weighted by atomic mass is 10.1. The standard InChI is InChI=1S/C17H16BrN5O2/c1-11-7-14(23-17(21-11)19-10-20-23)15-9-22(5-6-25-15)16(24)12-3-2-4-13(18)8-12/h2-4,7-8,10,15H,5-6,9H2,1H3/t15-/m1/s1. The maximum absolute atomic E-state index is 12.8. The third-order valence-corrected chi connectivity index (χ3v) is 4.66. The summed E-state index contributed by atoms with van der Waals surface area (Å²) < 4.78 is 8.47. The number of nitrogens with zero attached hydrogens (tertiary/aromatic N) is 5. The fraction of sp³-hybridized carbons (Fsp3) is 0.294. The summed E-state index contributed by atoms with van der Waals surface area (Å²) in [6.07, 6.45) is 1.20. The summed E-state index contributed by atoms with van der Waals surface area (Å²) >= 11 is 3.41. The molecular weight excluding hydrogens is 386 g/mol. The summed E-state index contributed by atoms with van der Waals surface area (Å²) in [6.45, 7) is 3.41. The molecule has 0 aliphatic carbocycles. The van der Waals surface area contributed by atoms with Gasteiger partial charge in [0.1, 0.15) is 12.4 Å². The minimum Gasteiger partial charge on any atom is -0.368 e. The molecule has 0 N–H and O–H groups in total. The van der Waals surface area contributed by atoms with E-state index >= 15 is 0 Å². The van der Waals surface area contributed by atoms with Gasteiger partial charge in [-0.3, -0.25) is 4.79 Å². The number of carbonyl (C=O) groups is 1. The van der Waals surface area contributed by atoms with Crippen molar-refractivity contribution in [2.75, 3.05) is 19.7 Å². The molecule has 3 heterocycles. The predicted molar refractivity (Wildman–Crippen MR) is 94.3 cm³/mol. The molecule has 4 rings (SSSR count). The predicted octanol–water partition coefficient (Wildman–Crippen LogP) is 2.41. The van der Waals surface area contributed by atoms with E-state index in [0.29, 0.717) is 31.0 Å². The number of hydrogen-bond acceptors (Lipinski definition) is 5. The largest absolute Gasteiger partial charge is 0.368 e. The van der Waals surface area contributed by atoms with E-state index in [2.05, 4.69) is 31.0 Å². The van der Waals surface area contributed by atoms with Gasteiger partial charge in [0.05, 0.1) is 18.8 Å². The van der Waals surface area contributed by atoms with Crippen LogP contribution in [0, 0.1) is 6.92 Å². The second-order valence-electron chi connectivity index (χ2n) is 5.92. The van der Waals surface area contributed by atoms with Crippen molar-refractivity contribution in [2.45, 2.75) is 13.0 Å². The molecule has 25 heavy (non-hydrogen) atoms. The average molecular weight is 402 g/mol. The fourth-order valence-electron chi connectivity index (χ4n) is 3.01. The average Bonchev–Trinajstić information content (AvgIpc) is 3.08. The quantitative estimate of drug-likeness (QED) is 0.659. The lowest BCUT2D eigenvalue weighted by Gasteiger charge is -2.33. The number of hydrogen-bond donors (Lipinski definition) is 0. The lowest BCUT2D eigenvalue weighted by Crippen LogP contribution is -2.42. The van der Waals surface area contributed by atoms with Gasteiger partial charge in [0.15, 0.2) is 0 Å². The van der Waals surface area contributed by atoms with Crippen LogP contribution < -0.4 is 0 Å². The van der Waals surface area contributed by atoms with Gasteiger partial charge in [-0.2, -0.15) is 14.6 Å². The first-order chi connectivity index (χ1) is 12.1. The zero-order valence-corrected chi connectivity index (χ0v) is 15.2. The first kappa shape index (κ1) is 16.2. The molecule has 0 saturated carbocycles. The van der Waals surface area contributed by atoms with Gasteiger partial charge in [-0.1, -0.05) is 22.0 Å². The maximum atomic E-state index is 12.8. The van der Waals surface area contributed by atoms with Crippen LogP contribution in [0.3, 0.4) is 0 Å². The molecule has 0 unspecified atom stereocenters. The van der Waals surface area contributed by atoms with Crippen molar-refractivity contribution in [3.05, 3.63) is 58.1 Å². The van der Waals surface area contributed by atoms with Crippen LogP contribution in [0.1, 0.15) is 27.8 Å². The highest BCUT2D eigenvalue weighted by Crippen LogP contribution is 2.24. The van der Waals surface area contributed by atoms with Crippen LogP contribution in [-0.4, -0.2) is 50.1 Å². The van der Waals surface area contributed by atoms with Crippen molar-refractivity contribution in [1.29, 1.82) is 0 Å². The van der Waals surface area contributed by atoms with E-state index in [-0.39, 0.29) is 12.0 Å². The summed E-state index contributed by atoms with van der Waals surface area (Å²) in [5, 5.41) is 4.23. The molecule has 2 aromatic heterocycles. The third kappa shape index (κ3) is 3.14. The highest BCUT2D eigenvalue weighted by Gasteiger charge is 2.28. The Balaban J connectivity index is 1.62. The molecule has 1 saturated heterocycles. The van der Waals surface area contributed by atoms with Gasteiger partial charge in [0, 0.05) is 22.3 Å². The number of fused-ring (bicyclic) bond motifs is 1. The Morgan fingerprint density at radius 1 is 1.36 bits per heavy atom. The van der Waals surface area contributed by atoms with Gasteiger partial charge >= 0.3 is 0 Å². The van der Waals surface area contributed by atoms with Crippen LogP contribution in [0.15, 0.2) is 41.1 Å². The molecule has 0 bridgehead atoms. The second-order valence-corrected chi connectivity index (χ2v) is 6.83. The first-order valence-corrected chi connectivity index (χ1v) is 8.75. The zero-order chi connectivity index (χ0) is 17.4. The number of ether oxygens (including phenoxy) is 1. The van der Waals surface area contributed by atoms with E-state index in [1.165, 1.54) is 6.33 Å². The fourth-order valence-corrected chi connectivity index (χ4v) is 3.40. The SMILES string of the molecule is Cc1cc([C@H]2CN(C(=O)c3cccc(Br)c3)CCO2)n2ncnc2n1. The van der Waals surface area contributed by atoms with Crippen LogP contribution in [0.25, 0.3) is 5.78 Å². The Labute approximate surface area is 152 Å². The smallest absolute Gasteiger partial charge is 0.254 e. The summed E-state index contributed by atoms with van der Waals surface area (Å²) in [7, 11) is 0. The number of rotatable bonds is 2. The zero-order valence-electron chi connectivity index (χ0n) is 13.6. The van der Waals surface area contributed by atoms with Crippen LogP contribution in [-0.2, 0) is 4.74 Å². The Bertz CT molecular complexity index is 942. The molecule has 1 amide bonds. The van der Waals surface area contributed by atoms with E-state index in [1.807, 2.05) is 42.2 Å². The topological polar surface area (TPSA) is 72.6 Å². The highest BCUT2D eigenvalue weighted by atomic mass is 79.9. The Morgan fingerprint density at radius 2 is 2.24 bits per heavy atom. The van der Waals surface area contributed by atoms with E-state index in [0.717, 1.165) is 15.9 Å². The van der Waals surface area contributed by atoms with E-state index in [4.69, 9.17) is 4.74 Å². The van der Waals surface area contributed by atoms with Crippen molar-refractivity contribution in [1.82, 2.24) is 24.5 Å². The van der Waals surface area contributed by atoms with Crippen molar-refractivity contribution in [3.8, 4) is 0 Å². The Hall–Kier alpha value is -2.32. The molecular formula is C17H16BrN5O2. The molecule has 8 heteroatoms. The Morgan fingerprint density at radius 3 is 3.08 bits per heavy atom. The first-order valence-electron chi connectivity index (χ1n) is 7.95. The molecule has 3 aromatic rings. The van der Waals surface area contributed by atoms with Crippen LogP contribution in [0.5, 0.6) is 0 Å². The molecule has 0 spiro atoms. The Kier molecular flexibility index (Phi) is 4.22. The van der Waals surface area contributed by atoms with Crippen molar-refractivity contribution < 1.29 is 9.53 Å². The minimum absolute atomic E-state index is 0.00443. The molecule has 128 valence electrons. The number of carbonyl (C=O) groups excluding carboxylic acids is 1. The minimum atomic E-state index is -0.268. The van der Waals surface area contributed by atoms with Crippen molar-refractivity contribution in [3.63, 3.8) is 0 Å². The van der Waals surface area contributed by atoms with Crippen LogP contribution in [0.4, 0.5) is 0 Å². The molecule has 1 fully saturated rings. The highest BCUT2D eigenvalue weighted by molar-refractivity contribution is 9.10. The number of amides is 1. The molecule has 7 nitrogen and oxygen atoms in total. The monoisotopic (exact) mass is 401 g/mol. The summed E-state index contributed by atoms with van der Waals surface area (Å²) in [6, 6.07) is 9.35. The molecule has 1 atom stereocenters. The van der Waals surface area contributed by atoms with E-state index in [9.17, 15) is 4.79 Å². The van der Waals surface area contributed by atoms with Gasteiger partial charge in [0.2, 0.25) is 0 Å². The number of benzene rings is 1. The van der Waals surface area contributed by atoms with Crippen molar-refractivity contribution >= 4 is 27.6 Å². The van der Waals surface area contributed by atoms with E-state index in [1.54, 1.807) is 4.52 Å². The van der Waals surface area contributed by atoms with Gasteiger partial charge in [-0.05, 0) is 31.2 Å². The third-order valence-electron chi connectivity index (χ3n) is 4.16. The van der Waals surface area contributed by atoms with Gasteiger partial charge in [-0.25, -0.2) is 4.98 Å². The van der Waals surface area contributed by atoms with Crippen LogP contribution >= 0.6 is 15.9 Å². The molecule has 1 aromatic carbocycles. The number of aromatic nitrogens is 4. The van der Waals surface area contributed by atoms with Crippen molar-refractivity contribution in [2.24, 2.45) is 0 Å². The van der Waals surface area contributed by atoms with Gasteiger partial charge < -0.3 is 9.64 Å². The summed E-state index contributed by atoms with van der Waals surface area (Å²) in [4.78, 5) is 23.1. The summed E-state index contributed by atoms with van der Waals surface area (Å²) in [5.41, 5.74) is 2.35. The van der Waals surface area contributed by atoms with Crippen LogP contribution in [0.2, 0.25) is 0 Å². The second kappa shape index (κ2) is 6.53.